The topological polar surface area (TPSA) is 55.1 Å². The summed E-state index contributed by atoms with van der Waals surface area (Å²) in [6, 6.07) is 5.39. The van der Waals surface area contributed by atoms with E-state index < -0.39 is 0 Å². The highest BCUT2D eigenvalue weighted by atomic mass is 79.9. The molecule has 1 aromatic carbocycles. The number of fused-ring (bicyclic) bond motifs is 1. The Bertz CT molecular complexity index is 573. The van der Waals surface area contributed by atoms with E-state index in [-0.39, 0.29) is 17.7 Å². The summed E-state index contributed by atoms with van der Waals surface area (Å²) in [4.78, 5) is 16.3. The molecule has 4 nitrogen and oxygen atoms in total. The third-order valence-corrected chi connectivity index (χ3v) is 3.43. The smallest absolute Gasteiger partial charge is 0.265 e. The molecular weight excluding hydrogens is 284 g/mol. The average Bonchev–Trinajstić information content (AvgIpc) is 2.96. The van der Waals surface area contributed by atoms with Crippen molar-refractivity contribution in [3.8, 4) is 0 Å². The summed E-state index contributed by atoms with van der Waals surface area (Å²) in [5.41, 5.74) is 1.36. The number of Topliss-reactive ketones (excluding diaryl/α,β-unsaturated/α-hetero) is 1. The van der Waals surface area contributed by atoms with Crippen LogP contribution in [0.5, 0.6) is 0 Å². The zero-order valence-electron chi connectivity index (χ0n) is 9.07. The van der Waals surface area contributed by atoms with Gasteiger partial charge in [0.1, 0.15) is 5.52 Å². The molecule has 5 heteroatoms. The number of hydrogen-bond acceptors (Lipinski definition) is 4. The van der Waals surface area contributed by atoms with Gasteiger partial charge in [0.2, 0.25) is 5.78 Å². The van der Waals surface area contributed by atoms with Crippen LogP contribution in [0.15, 0.2) is 27.1 Å². The van der Waals surface area contributed by atoms with Gasteiger partial charge in [-0.05, 0) is 37.6 Å². The van der Waals surface area contributed by atoms with Crippen LogP contribution >= 0.6 is 15.9 Å². The van der Waals surface area contributed by atoms with Crippen molar-refractivity contribution in [2.24, 2.45) is 0 Å². The summed E-state index contributed by atoms with van der Waals surface area (Å²) in [6.07, 6.45) is 1.89. The van der Waals surface area contributed by atoms with Crippen LogP contribution in [-0.4, -0.2) is 23.4 Å². The van der Waals surface area contributed by atoms with Crippen LogP contribution in [0.25, 0.3) is 11.1 Å². The molecule has 0 aliphatic carbocycles. The molecule has 17 heavy (non-hydrogen) atoms. The minimum Gasteiger partial charge on any atom is -0.434 e. The molecule has 1 aromatic heterocycles. The number of rotatable bonds is 2. The largest absolute Gasteiger partial charge is 0.434 e. The standard InChI is InChI=1S/C12H11BrN2O2/c13-7-3-4-10-9(6-7)15-12(17-10)11(16)8-2-1-5-14-8/h3-4,6,8,14H,1-2,5H2/t8-/m0/s1. The first-order valence-electron chi connectivity index (χ1n) is 5.58. The van der Waals surface area contributed by atoms with Gasteiger partial charge in [0.15, 0.2) is 5.58 Å². The molecule has 1 atom stereocenters. The molecule has 0 saturated carbocycles. The highest BCUT2D eigenvalue weighted by Gasteiger charge is 2.27. The van der Waals surface area contributed by atoms with Gasteiger partial charge >= 0.3 is 0 Å². The zero-order chi connectivity index (χ0) is 11.8. The van der Waals surface area contributed by atoms with E-state index in [4.69, 9.17) is 4.42 Å². The van der Waals surface area contributed by atoms with Crippen molar-refractivity contribution in [3.63, 3.8) is 0 Å². The fourth-order valence-electron chi connectivity index (χ4n) is 2.06. The van der Waals surface area contributed by atoms with Crippen molar-refractivity contribution in [3.05, 3.63) is 28.6 Å². The summed E-state index contributed by atoms with van der Waals surface area (Å²) in [5.74, 6) is 0.160. The second kappa shape index (κ2) is 4.23. The molecule has 1 saturated heterocycles. The molecule has 3 rings (SSSR count). The summed E-state index contributed by atoms with van der Waals surface area (Å²) in [5, 5.41) is 3.15. The Kier molecular flexibility index (Phi) is 2.72. The predicted octanol–water partition coefficient (Wildman–Crippen LogP) is 2.52. The number of aromatic nitrogens is 1. The van der Waals surface area contributed by atoms with E-state index in [0.29, 0.717) is 11.1 Å². The van der Waals surface area contributed by atoms with Crippen molar-refractivity contribution >= 4 is 32.8 Å². The van der Waals surface area contributed by atoms with E-state index in [0.717, 1.165) is 23.9 Å². The van der Waals surface area contributed by atoms with E-state index in [9.17, 15) is 4.79 Å². The molecule has 0 amide bonds. The van der Waals surface area contributed by atoms with Gasteiger partial charge in [-0.3, -0.25) is 4.79 Å². The van der Waals surface area contributed by atoms with Gasteiger partial charge in [-0.25, -0.2) is 4.98 Å². The van der Waals surface area contributed by atoms with Crippen LogP contribution in [0.3, 0.4) is 0 Å². The number of ketones is 1. The van der Waals surface area contributed by atoms with E-state index in [1.807, 2.05) is 18.2 Å². The van der Waals surface area contributed by atoms with Gasteiger partial charge in [0.25, 0.3) is 5.89 Å². The third-order valence-electron chi connectivity index (χ3n) is 2.94. The van der Waals surface area contributed by atoms with Crippen molar-refractivity contribution in [2.45, 2.75) is 18.9 Å². The third kappa shape index (κ3) is 2.00. The van der Waals surface area contributed by atoms with Gasteiger partial charge in [0, 0.05) is 4.47 Å². The second-order valence-corrected chi connectivity index (χ2v) is 5.06. The van der Waals surface area contributed by atoms with E-state index in [2.05, 4.69) is 26.2 Å². The minimum absolute atomic E-state index is 0.0465. The highest BCUT2D eigenvalue weighted by molar-refractivity contribution is 9.10. The second-order valence-electron chi connectivity index (χ2n) is 4.14. The molecule has 0 spiro atoms. The summed E-state index contributed by atoms with van der Waals surface area (Å²) < 4.78 is 6.40. The van der Waals surface area contributed by atoms with Crippen molar-refractivity contribution in [1.29, 1.82) is 0 Å². The number of carbonyl (C=O) groups is 1. The predicted molar refractivity (Wildman–Crippen MR) is 67.1 cm³/mol. The van der Waals surface area contributed by atoms with Gasteiger partial charge < -0.3 is 9.73 Å². The first-order valence-corrected chi connectivity index (χ1v) is 6.37. The number of halogens is 1. The van der Waals surface area contributed by atoms with Gasteiger partial charge in [-0.15, -0.1) is 0 Å². The Morgan fingerprint density at radius 3 is 3.18 bits per heavy atom. The summed E-state index contributed by atoms with van der Waals surface area (Å²) >= 11 is 3.37. The molecule has 0 radical (unpaired) electrons. The number of carbonyl (C=O) groups excluding carboxylic acids is 1. The van der Waals surface area contributed by atoms with Gasteiger partial charge in [-0.2, -0.15) is 0 Å². The fourth-order valence-corrected chi connectivity index (χ4v) is 2.41. The van der Waals surface area contributed by atoms with Crippen molar-refractivity contribution < 1.29 is 9.21 Å². The maximum Gasteiger partial charge on any atom is 0.265 e. The van der Waals surface area contributed by atoms with Crippen LogP contribution in [-0.2, 0) is 0 Å². The molecule has 0 bridgehead atoms. The SMILES string of the molecule is O=C(c1nc2cc(Br)ccc2o1)[C@@H]1CCCN1. The normalized spacial score (nSPS) is 19.9. The minimum atomic E-state index is -0.133. The number of hydrogen-bond donors (Lipinski definition) is 1. The van der Waals surface area contributed by atoms with E-state index in [1.165, 1.54) is 0 Å². The average molecular weight is 295 g/mol. The van der Waals surface area contributed by atoms with Crippen LogP contribution in [0, 0.1) is 0 Å². The molecule has 2 aromatic rings. The number of oxazole rings is 1. The maximum absolute atomic E-state index is 12.1. The van der Waals surface area contributed by atoms with E-state index >= 15 is 0 Å². The number of nitrogens with one attached hydrogen (secondary N) is 1. The van der Waals surface area contributed by atoms with Gasteiger partial charge in [0.05, 0.1) is 6.04 Å². The Morgan fingerprint density at radius 2 is 2.41 bits per heavy atom. The molecule has 1 fully saturated rings. The molecule has 1 N–H and O–H groups in total. The van der Waals surface area contributed by atoms with E-state index in [1.54, 1.807) is 0 Å². The Balaban J connectivity index is 1.97. The first kappa shape index (κ1) is 10.9. The van der Waals surface area contributed by atoms with Crippen LogP contribution < -0.4 is 5.32 Å². The van der Waals surface area contributed by atoms with Crippen LogP contribution in [0.4, 0.5) is 0 Å². The molecule has 1 aliphatic heterocycles. The molecule has 2 heterocycles. The summed E-state index contributed by atoms with van der Waals surface area (Å²) in [6.45, 7) is 0.891. The Hall–Kier alpha value is -1.20. The van der Waals surface area contributed by atoms with Crippen molar-refractivity contribution in [2.75, 3.05) is 6.54 Å². The van der Waals surface area contributed by atoms with Crippen molar-refractivity contribution in [1.82, 2.24) is 10.3 Å². The zero-order valence-corrected chi connectivity index (χ0v) is 10.7. The lowest BCUT2D eigenvalue weighted by atomic mass is 10.1. The lowest BCUT2D eigenvalue weighted by Gasteiger charge is -2.04. The summed E-state index contributed by atoms with van der Waals surface area (Å²) in [7, 11) is 0. The van der Waals surface area contributed by atoms with Crippen LogP contribution in [0.2, 0.25) is 0 Å². The molecule has 1 aliphatic rings. The maximum atomic E-state index is 12.1. The first-order chi connectivity index (χ1) is 8.24. The van der Waals surface area contributed by atoms with Crippen LogP contribution in [0.1, 0.15) is 23.5 Å². The quantitative estimate of drug-likeness (QED) is 0.865. The number of benzene rings is 1. The Labute approximate surface area is 107 Å². The molecular formula is C12H11BrN2O2. The Morgan fingerprint density at radius 1 is 1.53 bits per heavy atom. The van der Waals surface area contributed by atoms with Gasteiger partial charge in [-0.1, -0.05) is 15.9 Å². The highest BCUT2D eigenvalue weighted by Crippen LogP contribution is 2.22. The molecule has 0 unspecified atom stereocenters. The molecule has 88 valence electrons. The monoisotopic (exact) mass is 294 g/mol. The fraction of sp³-hybridized carbons (Fsp3) is 0.333. The lowest BCUT2D eigenvalue weighted by Crippen LogP contribution is -2.30. The number of nitrogens with zero attached hydrogens (tertiary/aromatic N) is 1. The lowest BCUT2D eigenvalue weighted by molar-refractivity contribution is 0.0920.